The maximum Gasteiger partial charge on any atom is 0.335 e. The highest BCUT2D eigenvalue weighted by atomic mass is 16.4. The Labute approximate surface area is 124 Å². The summed E-state index contributed by atoms with van der Waals surface area (Å²) in [7, 11) is 0. The van der Waals surface area contributed by atoms with Crippen LogP contribution in [0.4, 0.5) is 10.5 Å². The Bertz CT molecular complexity index is 516. The summed E-state index contributed by atoms with van der Waals surface area (Å²) in [6.45, 7) is 2.93. The zero-order chi connectivity index (χ0) is 15.2. The number of nitrogens with one attached hydrogen (secondary N) is 2. The summed E-state index contributed by atoms with van der Waals surface area (Å²) >= 11 is 0. The predicted octanol–water partition coefficient (Wildman–Crippen LogP) is 3.33. The van der Waals surface area contributed by atoms with E-state index < -0.39 is 5.97 Å². The lowest BCUT2D eigenvalue weighted by Gasteiger charge is -2.26. The van der Waals surface area contributed by atoms with Crippen LogP contribution in [0.15, 0.2) is 24.3 Å². The molecule has 2 rings (SSSR count). The van der Waals surface area contributed by atoms with Crippen LogP contribution >= 0.6 is 0 Å². The highest BCUT2D eigenvalue weighted by Gasteiger charge is 2.19. The number of rotatable bonds is 4. The van der Waals surface area contributed by atoms with Crippen LogP contribution in [0.1, 0.15) is 43.0 Å². The van der Waals surface area contributed by atoms with Crippen LogP contribution in [0, 0.1) is 11.8 Å². The number of carboxylic acid groups (broad SMARTS) is 1. The molecule has 0 bridgehead atoms. The molecule has 3 N–H and O–H groups in total. The standard InChI is InChI=1S/C16H22N2O3/c1-11-4-2-5-12(8-11)10-17-16(21)18-14-7-3-6-13(9-14)15(19)20/h3,6-7,9,11-12H,2,4-5,8,10H2,1H3,(H,19,20)(H2,17,18,21). The van der Waals surface area contributed by atoms with E-state index in [0.29, 0.717) is 18.2 Å². The Morgan fingerprint density at radius 1 is 1.33 bits per heavy atom. The van der Waals surface area contributed by atoms with Gasteiger partial charge in [-0.1, -0.05) is 25.8 Å². The van der Waals surface area contributed by atoms with Crippen LogP contribution in [0.25, 0.3) is 0 Å². The molecule has 2 atom stereocenters. The Morgan fingerprint density at radius 2 is 2.14 bits per heavy atom. The Kier molecular flexibility index (Phi) is 5.20. The number of hydrogen-bond donors (Lipinski definition) is 3. The van der Waals surface area contributed by atoms with Crippen molar-refractivity contribution in [2.24, 2.45) is 11.8 Å². The van der Waals surface area contributed by atoms with Crippen molar-refractivity contribution in [1.82, 2.24) is 5.32 Å². The van der Waals surface area contributed by atoms with Crippen LogP contribution in [0.5, 0.6) is 0 Å². The molecule has 21 heavy (non-hydrogen) atoms. The minimum atomic E-state index is -1.00. The lowest BCUT2D eigenvalue weighted by atomic mass is 9.82. The van der Waals surface area contributed by atoms with Gasteiger partial charge in [-0.05, 0) is 42.9 Å². The minimum absolute atomic E-state index is 0.161. The van der Waals surface area contributed by atoms with E-state index in [-0.39, 0.29) is 11.6 Å². The van der Waals surface area contributed by atoms with E-state index in [0.717, 1.165) is 12.3 Å². The smallest absolute Gasteiger partial charge is 0.335 e. The summed E-state index contributed by atoms with van der Waals surface area (Å²) in [6.07, 6.45) is 4.84. The van der Waals surface area contributed by atoms with Gasteiger partial charge < -0.3 is 15.7 Å². The third-order valence-corrected chi connectivity index (χ3v) is 3.96. The van der Waals surface area contributed by atoms with Crippen molar-refractivity contribution in [2.45, 2.75) is 32.6 Å². The number of anilines is 1. The van der Waals surface area contributed by atoms with Gasteiger partial charge in [-0.25, -0.2) is 9.59 Å². The van der Waals surface area contributed by atoms with Crippen LogP contribution in [-0.4, -0.2) is 23.7 Å². The zero-order valence-corrected chi connectivity index (χ0v) is 12.3. The van der Waals surface area contributed by atoms with Crippen LogP contribution in [0.2, 0.25) is 0 Å². The highest BCUT2D eigenvalue weighted by molar-refractivity contribution is 5.93. The van der Waals surface area contributed by atoms with E-state index in [2.05, 4.69) is 17.6 Å². The molecule has 1 aromatic rings. The number of urea groups is 1. The number of carbonyl (C=O) groups is 2. The van der Waals surface area contributed by atoms with Crippen molar-refractivity contribution in [3.63, 3.8) is 0 Å². The molecule has 2 amide bonds. The van der Waals surface area contributed by atoms with Gasteiger partial charge in [0, 0.05) is 12.2 Å². The lowest BCUT2D eigenvalue weighted by Crippen LogP contribution is -2.34. The first-order valence-corrected chi connectivity index (χ1v) is 7.43. The quantitative estimate of drug-likeness (QED) is 0.795. The molecule has 1 fully saturated rings. The van der Waals surface area contributed by atoms with Gasteiger partial charge >= 0.3 is 12.0 Å². The van der Waals surface area contributed by atoms with E-state index >= 15 is 0 Å². The molecule has 5 heteroatoms. The Hall–Kier alpha value is -2.04. The molecule has 5 nitrogen and oxygen atoms in total. The molecular formula is C16H22N2O3. The van der Waals surface area contributed by atoms with Crippen molar-refractivity contribution < 1.29 is 14.7 Å². The van der Waals surface area contributed by atoms with Crippen molar-refractivity contribution in [3.05, 3.63) is 29.8 Å². The van der Waals surface area contributed by atoms with E-state index in [1.807, 2.05) is 0 Å². The van der Waals surface area contributed by atoms with Gasteiger partial charge in [-0.3, -0.25) is 0 Å². The topological polar surface area (TPSA) is 78.4 Å². The summed E-state index contributed by atoms with van der Waals surface area (Å²) < 4.78 is 0. The van der Waals surface area contributed by atoms with E-state index in [1.165, 1.54) is 31.4 Å². The molecule has 1 aliphatic rings. The summed E-state index contributed by atoms with van der Waals surface area (Å²) in [5.41, 5.74) is 0.651. The number of hydrogen-bond acceptors (Lipinski definition) is 2. The first-order chi connectivity index (χ1) is 10.0. The first-order valence-electron chi connectivity index (χ1n) is 7.43. The number of carboxylic acids is 1. The van der Waals surface area contributed by atoms with Crippen LogP contribution < -0.4 is 10.6 Å². The normalized spacial score (nSPS) is 21.6. The number of amides is 2. The molecule has 0 spiro atoms. The number of carbonyl (C=O) groups excluding carboxylic acids is 1. The molecule has 0 heterocycles. The van der Waals surface area contributed by atoms with E-state index in [1.54, 1.807) is 12.1 Å². The third-order valence-electron chi connectivity index (χ3n) is 3.96. The van der Waals surface area contributed by atoms with Crippen molar-refractivity contribution in [2.75, 3.05) is 11.9 Å². The fraction of sp³-hybridized carbons (Fsp3) is 0.500. The predicted molar refractivity (Wildman–Crippen MR) is 81.5 cm³/mol. The highest BCUT2D eigenvalue weighted by Crippen LogP contribution is 2.27. The SMILES string of the molecule is CC1CCCC(CNC(=O)Nc2cccc(C(=O)O)c2)C1. The fourth-order valence-corrected chi connectivity index (χ4v) is 2.89. The molecule has 0 saturated heterocycles. The Balaban J connectivity index is 1.81. The second-order valence-electron chi connectivity index (χ2n) is 5.86. The van der Waals surface area contributed by atoms with Gasteiger partial charge in [0.1, 0.15) is 0 Å². The van der Waals surface area contributed by atoms with Crippen LogP contribution in [-0.2, 0) is 0 Å². The Morgan fingerprint density at radius 3 is 2.86 bits per heavy atom. The van der Waals surface area contributed by atoms with Crippen molar-refractivity contribution >= 4 is 17.7 Å². The molecule has 1 aliphatic carbocycles. The van der Waals surface area contributed by atoms with E-state index in [4.69, 9.17) is 5.11 Å². The summed E-state index contributed by atoms with van der Waals surface area (Å²) in [4.78, 5) is 22.7. The van der Waals surface area contributed by atoms with Gasteiger partial charge in [-0.2, -0.15) is 0 Å². The number of aromatic carboxylic acids is 1. The molecule has 1 aromatic carbocycles. The average Bonchev–Trinajstić information content (AvgIpc) is 2.45. The van der Waals surface area contributed by atoms with Crippen molar-refractivity contribution in [3.8, 4) is 0 Å². The maximum atomic E-state index is 11.8. The second-order valence-corrected chi connectivity index (χ2v) is 5.86. The molecule has 0 aliphatic heterocycles. The average molecular weight is 290 g/mol. The second kappa shape index (κ2) is 7.11. The van der Waals surface area contributed by atoms with Gasteiger partial charge in [-0.15, -0.1) is 0 Å². The molecule has 0 aromatic heterocycles. The first kappa shape index (κ1) is 15.4. The largest absolute Gasteiger partial charge is 0.478 e. The summed E-state index contributed by atoms with van der Waals surface area (Å²) in [5, 5.41) is 14.5. The van der Waals surface area contributed by atoms with Gasteiger partial charge in [0.25, 0.3) is 0 Å². The zero-order valence-electron chi connectivity index (χ0n) is 12.3. The monoisotopic (exact) mass is 290 g/mol. The minimum Gasteiger partial charge on any atom is -0.478 e. The van der Waals surface area contributed by atoms with Crippen molar-refractivity contribution in [1.29, 1.82) is 0 Å². The molecular weight excluding hydrogens is 268 g/mol. The third kappa shape index (κ3) is 4.77. The van der Waals surface area contributed by atoms with Crippen LogP contribution in [0.3, 0.4) is 0 Å². The maximum absolute atomic E-state index is 11.8. The van der Waals surface area contributed by atoms with Gasteiger partial charge in [0.15, 0.2) is 0 Å². The fourth-order valence-electron chi connectivity index (χ4n) is 2.89. The summed E-state index contributed by atoms with van der Waals surface area (Å²) in [5.74, 6) is 0.279. The van der Waals surface area contributed by atoms with E-state index in [9.17, 15) is 9.59 Å². The molecule has 0 radical (unpaired) electrons. The molecule has 1 saturated carbocycles. The lowest BCUT2D eigenvalue weighted by molar-refractivity contribution is 0.0697. The summed E-state index contributed by atoms with van der Waals surface area (Å²) in [6, 6.07) is 5.95. The van der Waals surface area contributed by atoms with Gasteiger partial charge in [0.05, 0.1) is 5.56 Å². The molecule has 2 unspecified atom stereocenters. The molecule has 114 valence electrons. The number of benzene rings is 1. The van der Waals surface area contributed by atoms with Gasteiger partial charge in [0.2, 0.25) is 0 Å².